The number of carbonyl (C=O) groups is 3. The van der Waals surface area contributed by atoms with Crippen molar-refractivity contribution in [1.82, 2.24) is 0 Å². The second-order valence-corrected chi connectivity index (χ2v) is 2.68. The van der Waals surface area contributed by atoms with Gasteiger partial charge in [0.2, 0.25) is 0 Å². The summed E-state index contributed by atoms with van der Waals surface area (Å²) in [4.78, 5) is 31.8. The van der Waals surface area contributed by atoms with Gasteiger partial charge in [0.25, 0.3) is 0 Å². The molecule has 0 aliphatic rings. The van der Waals surface area contributed by atoms with Crippen LogP contribution in [0.4, 0.5) is 0 Å². The molecule has 16 heavy (non-hydrogen) atoms. The van der Waals surface area contributed by atoms with Crippen molar-refractivity contribution < 1.29 is 52.1 Å². The van der Waals surface area contributed by atoms with Crippen molar-refractivity contribution in [2.45, 2.75) is 0 Å². The summed E-state index contributed by atoms with van der Waals surface area (Å²) in [7, 11) is 0. The fourth-order valence-electron chi connectivity index (χ4n) is 1.04. The number of rotatable bonds is 3. The first-order valence-electron chi connectivity index (χ1n) is 3.77. The number of hydrogen-bond donors (Lipinski definition) is 3. The van der Waals surface area contributed by atoms with Crippen molar-refractivity contribution in [3.8, 4) is 0 Å². The van der Waals surface area contributed by atoms with Gasteiger partial charge in [0.1, 0.15) is 0 Å². The van der Waals surface area contributed by atoms with Gasteiger partial charge < -0.3 is 15.3 Å². The summed E-state index contributed by atoms with van der Waals surface area (Å²) < 4.78 is 0. The van der Waals surface area contributed by atoms with Gasteiger partial charge in [-0.2, -0.15) is 0 Å². The van der Waals surface area contributed by atoms with Crippen LogP contribution < -0.4 is 0 Å². The van der Waals surface area contributed by atoms with E-state index in [0.29, 0.717) is 0 Å². The number of carboxylic acids is 3. The molecular formula is C9H6AgO6. The molecule has 0 fully saturated rings. The molecule has 0 unspecified atom stereocenters. The summed E-state index contributed by atoms with van der Waals surface area (Å²) in [5, 5.41) is 25.9. The van der Waals surface area contributed by atoms with E-state index in [0.717, 1.165) is 18.2 Å². The van der Waals surface area contributed by atoms with Gasteiger partial charge in [-0.05, 0) is 18.2 Å². The Morgan fingerprint density at radius 1 is 0.812 bits per heavy atom. The molecule has 1 aromatic rings. The van der Waals surface area contributed by atoms with Gasteiger partial charge in [-0.25, -0.2) is 14.4 Å². The molecule has 0 aliphatic carbocycles. The minimum absolute atomic E-state index is 0. The van der Waals surface area contributed by atoms with E-state index in [2.05, 4.69) is 0 Å². The van der Waals surface area contributed by atoms with Crippen LogP contribution in [0.3, 0.4) is 0 Å². The van der Waals surface area contributed by atoms with Crippen molar-refractivity contribution in [2.75, 3.05) is 0 Å². The van der Waals surface area contributed by atoms with Gasteiger partial charge in [0.15, 0.2) is 0 Å². The first-order chi connectivity index (χ1) is 6.93. The van der Waals surface area contributed by atoms with Crippen molar-refractivity contribution >= 4 is 17.9 Å². The summed E-state index contributed by atoms with van der Waals surface area (Å²) in [6.07, 6.45) is 0. The van der Waals surface area contributed by atoms with Gasteiger partial charge in [-0.15, -0.1) is 0 Å². The van der Waals surface area contributed by atoms with E-state index < -0.39 is 29.0 Å². The van der Waals surface area contributed by atoms with Crippen LogP contribution in [-0.2, 0) is 22.4 Å². The monoisotopic (exact) mass is 317 g/mol. The smallest absolute Gasteiger partial charge is 0.336 e. The van der Waals surface area contributed by atoms with Crippen LogP contribution in [0.15, 0.2) is 18.2 Å². The Bertz CT molecular complexity index is 453. The van der Waals surface area contributed by atoms with Crippen LogP contribution >= 0.6 is 0 Å². The molecule has 0 aromatic heterocycles. The minimum Gasteiger partial charge on any atom is -0.478 e. The Balaban J connectivity index is 0.00000225. The molecule has 1 radical (unpaired) electrons. The van der Waals surface area contributed by atoms with Crippen molar-refractivity contribution in [1.29, 1.82) is 0 Å². The normalized spacial score (nSPS) is 9.00. The third kappa shape index (κ3) is 2.93. The molecule has 0 bridgehead atoms. The predicted molar refractivity (Wildman–Crippen MR) is 47.3 cm³/mol. The molecule has 1 aromatic carbocycles. The molecule has 89 valence electrons. The number of aromatic carboxylic acids is 3. The Labute approximate surface area is 105 Å². The molecule has 0 amide bonds. The van der Waals surface area contributed by atoms with Crippen molar-refractivity contribution in [3.63, 3.8) is 0 Å². The maximum Gasteiger partial charge on any atom is 0.336 e. The molecule has 6 nitrogen and oxygen atoms in total. The quantitative estimate of drug-likeness (QED) is 0.710. The van der Waals surface area contributed by atoms with E-state index in [4.69, 9.17) is 15.3 Å². The zero-order valence-electron chi connectivity index (χ0n) is 7.60. The second-order valence-electron chi connectivity index (χ2n) is 2.68. The van der Waals surface area contributed by atoms with Crippen LogP contribution in [0, 0.1) is 0 Å². The Kier molecular flexibility index (Phi) is 4.90. The van der Waals surface area contributed by atoms with Gasteiger partial charge in [-0.1, -0.05) is 0 Å². The minimum atomic E-state index is -1.48. The average molecular weight is 318 g/mol. The van der Waals surface area contributed by atoms with E-state index in [9.17, 15) is 14.4 Å². The summed E-state index contributed by atoms with van der Waals surface area (Å²) in [5.41, 5.74) is -1.24. The Morgan fingerprint density at radius 2 is 1.31 bits per heavy atom. The first-order valence-corrected chi connectivity index (χ1v) is 3.77. The molecule has 0 atom stereocenters. The summed E-state index contributed by atoms with van der Waals surface area (Å²) in [6.45, 7) is 0. The third-order valence-corrected chi connectivity index (χ3v) is 1.73. The number of hydrogen-bond acceptors (Lipinski definition) is 3. The van der Waals surface area contributed by atoms with Crippen LogP contribution in [0.1, 0.15) is 31.1 Å². The summed E-state index contributed by atoms with van der Waals surface area (Å²) in [6, 6.07) is 2.81. The van der Waals surface area contributed by atoms with Gasteiger partial charge in [-0.3, -0.25) is 0 Å². The van der Waals surface area contributed by atoms with Crippen LogP contribution in [0.5, 0.6) is 0 Å². The molecule has 3 N–H and O–H groups in total. The molecule has 0 aliphatic heterocycles. The van der Waals surface area contributed by atoms with Gasteiger partial charge in [0, 0.05) is 22.4 Å². The summed E-state index contributed by atoms with van der Waals surface area (Å²) in [5.74, 6) is -4.20. The molecule has 0 saturated carbocycles. The topological polar surface area (TPSA) is 112 Å². The molecular weight excluding hydrogens is 312 g/mol. The second kappa shape index (κ2) is 5.45. The number of carboxylic acid groups (broad SMARTS) is 3. The molecule has 0 spiro atoms. The van der Waals surface area contributed by atoms with Crippen LogP contribution in [-0.4, -0.2) is 33.2 Å². The van der Waals surface area contributed by atoms with E-state index in [1.807, 2.05) is 0 Å². The fourth-order valence-corrected chi connectivity index (χ4v) is 1.04. The Morgan fingerprint density at radius 3 is 1.69 bits per heavy atom. The molecule has 7 heteroatoms. The van der Waals surface area contributed by atoms with Crippen LogP contribution in [0.25, 0.3) is 0 Å². The maximum absolute atomic E-state index is 10.6. The average Bonchev–Trinajstić information content (AvgIpc) is 2.16. The van der Waals surface area contributed by atoms with Crippen molar-refractivity contribution in [2.24, 2.45) is 0 Å². The van der Waals surface area contributed by atoms with E-state index in [1.54, 1.807) is 0 Å². The molecule has 0 heterocycles. The predicted octanol–water partition coefficient (Wildman–Crippen LogP) is 0.779. The zero-order chi connectivity index (χ0) is 11.6. The van der Waals surface area contributed by atoms with Crippen LogP contribution in [0.2, 0.25) is 0 Å². The standard InChI is InChI=1S/C9H6O6.Ag/c10-7(11)4-1-2-5(8(12)13)6(3-4)9(14)15;/h1-3H,(H,10,11)(H,12,13)(H,14,15);. The molecule has 0 saturated heterocycles. The van der Waals surface area contributed by atoms with Gasteiger partial charge >= 0.3 is 17.9 Å². The van der Waals surface area contributed by atoms with Gasteiger partial charge in [0.05, 0.1) is 16.7 Å². The van der Waals surface area contributed by atoms with Crippen molar-refractivity contribution in [3.05, 3.63) is 34.9 Å². The fraction of sp³-hybridized carbons (Fsp3) is 0. The third-order valence-electron chi connectivity index (χ3n) is 1.73. The SMILES string of the molecule is O=C(O)c1ccc(C(=O)O)c(C(=O)O)c1.[Ag]. The molecule has 1 rings (SSSR count). The largest absolute Gasteiger partial charge is 0.478 e. The van der Waals surface area contributed by atoms with E-state index in [1.165, 1.54) is 0 Å². The van der Waals surface area contributed by atoms with E-state index >= 15 is 0 Å². The summed E-state index contributed by atoms with van der Waals surface area (Å²) >= 11 is 0. The van der Waals surface area contributed by atoms with E-state index in [-0.39, 0.29) is 27.9 Å². The Hall–Kier alpha value is -1.63. The zero-order valence-corrected chi connectivity index (χ0v) is 9.08. The first kappa shape index (κ1) is 14.4. The maximum atomic E-state index is 10.6. The number of benzene rings is 1.